The quantitative estimate of drug-likeness (QED) is 0.574. The summed E-state index contributed by atoms with van der Waals surface area (Å²) in [6.45, 7) is 10.4. The maximum absolute atomic E-state index is 11.6. The van der Waals surface area contributed by atoms with E-state index in [1.165, 1.54) is 32.2 Å². The van der Waals surface area contributed by atoms with Crippen molar-refractivity contribution in [1.82, 2.24) is 10.2 Å². The second-order valence-corrected chi connectivity index (χ2v) is 5.79. The number of ether oxygens (including phenoxy) is 1. The van der Waals surface area contributed by atoms with Crippen LogP contribution in [0.15, 0.2) is 24.3 Å². The van der Waals surface area contributed by atoms with Crippen molar-refractivity contribution in [3.63, 3.8) is 0 Å². The molecule has 0 saturated carbocycles. The van der Waals surface area contributed by atoms with E-state index in [0.29, 0.717) is 12.1 Å². The first-order chi connectivity index (χ1) is 12.3. The van der Waals surface area contributed by atoms with Crippen molar-refractivity contribution in [2.75, 3.05) is 33.8 Å². The molecule has 0 bridgehead atoms. The topological polar surface area (TPSA) is 78.9 Å². The summed E-state index contributed by atoms with van der Waals surface area (Å²) >= 11 is 0. The van der Waals surface area contributed by atoms with E-state index in [1.807, 2.05) is 0 Å². The molecule has 1 amide bonds. The number of allylic oxidation sites excluding steroid dienone is 1. The van der Waals surface area contributed by atoms with Crippen molar-refractivity contribution >= 4 is 11.9 Å². The Morgan fingerprint density at radius 3 is 2.42 bits per heavy atom. The third-order valence-electron chi connectivity index (χ3n) is 3.78. The predicted octanol–water partition coefficient (Wildman–Crippen LogP) is 3.14. The number of nitrogens with zero attached hydrogens (tertiary/aromatic N) is 1. The molecule has 1 aromatic rings. The van der Waals surface area contributed by atoms with Gasteiger partial charge in [-0.3, -0.25) is 4.79 Å². The van der Waals surface area contributed by atoms with Crippen LogP contribution < -0.4 is 5.32 Å². The average molecular weight is 364 g/mol. The molecule has 1 rings (SSSR count). The molecule has 1 aromatic carbocycles. The number of methoxy groups -OCH3 is 1. The fourth-order valence-electron chi connectivity index (χ4n) is 2.08. The van der Waals surface area contributed by atoms with Crippen molar-refractivity contribution in [1.29, 1.82) is 0 Å². The normalized spacial score (nSPS) is 10.4. The second-order valence-electron chi connectivity index (χ2n) is 5.79. The van der Waals surface area contributed by atoms with Crippen molar-refractivity contribution in [3.05, 3.63) is 41.0 Å². The summed E-state index contributed by atoms with van der Waals surface area (Å²) < 4.78 is 4.60. The van der Waals surface area contributed by atoms with Crippen molar-refractivity contribution < 1.29 is 19.4 Å². The van der Waals surface area contributed by atoms with Crippen LogP contribution in [0.3, 0.4) is 0 Å². The Balaban J connectivity index is 0.000000590. The minimum absolute atomic E-state index is 0.0675. The Morgan fingerprint density at radius 2 is 1.92 bits per heavy atom. The van der Waals surface area contributed by atoms with Crippen molar-refractivity contribution in [2.45, 2.75) is 34.1 Å². The van der Waals surface area contributed by atoms with Gasteiger partial charge in [0.25, 0.3) is 5.91 Å². The zero-order valence-corrected chi connectivity index (χ0v) is 16.8. The van der Waals surface area contributed by atoms with Crippen LogP contribution in [0.25, 0.3) is 0 Å². The van der Waals surface area contributed by atoms with Gasteiger partial charge in [0, 0.05) is 13.1 Å². The van der Waals surface area contributed by atoms with Crippen molar-refractivity contribution in [3.8, 4) is 5.75 Å². The molecule has 0 spiro atoms. The second kappa shape index (κ2) is 12.9. The summed E-state index contributed by atoms with van der Waals surface area (Å²) in [5.41, 5.74) is 0.895. The number of rotatable bonds is 7. The molecule has 0 aromatic heterocycles. The lowest BCUT2D eigenvalue weighted by molar-refractivity contribution is 0.0600. The van der Waals surface area contributed by atoms with E-state index in [0.717, 1.165) is 6.54 Å². The maximum atomic E-state index is 11.6. The van der Waals surface area contributed by atoms with Gasteiger partial charge in [0.15, 0.2) is 0 Å². The summed E-state index contributed by atoms with van der Waals surface area (Å²) in [5, 5.41) is 12.2. The van der Waals surface area contributed by atoms with Gasteiger partial charge in [0.1, 0.15) is 5.75 Å². The van der Waals surface area contributed by atoms with Crippen LogP contribution in [0, 0.1) is 6.92 Å². The first-order valence-electron chi connectivity index (χ1n) is 8.82. The fraction of sp³-hybridized carbons (Fsp3) is 0.500. The minimum atomic E-state index is -0.534. The lowest BCUT2D eigenvalue weighted by Gasteiger charge is -2.10. The van der Waals surface area contributed by atoms with E-state index in [4.69, 9.17) is 0 Å². The Bertz CT molecular complexity index is 612. The Hall–Kier alpha value is -2.34. The first kappa shape index (κ1) is 23.7. The van der Waals surface area contributed by atoms with Gasteiger partial charge in [0.2, 0.25) is 0 Å². The molecule has 6 nitrogen and oxygen atoms in total. The average Bonchev–Trinajstić information content (AvgIpc) is 2.62. The Labute approximate surface area is 156 Å². The number of hydrogen-bond donors (Lipinski definition) is 2. The first-order valence-corrected chi connectivity index (χ1v) is 8.82. The lowest BCUT2D eigenvalue weighted by atomic mass is 10.0. The van der Waals surface area contributed by atoms with E-state index < -0.39 is 11.9 Å². The highest BCUT2D eigenvalue weighted by Crippen LogP contribution is 2.22. The number of amides is 1. The number of carbonyl (C=O) groups is 2. The molecular weight excluding hydrogens is 332 g/mol. The smallest absolute Gasteiger partial charge is 0.338 e. The van der Waals surface area contributed by atoms with E-state index in [2.05, 4.69) is 48.0 Å². The van der Waals surface area contributed by atoms with Crippen LogP contribution in [-0.4, -0.2) is 55.7 Å². The van der Waals surface area contributed by atoms with Gasteiger partial charge < -0.3 is 20.1 Å². The molecule has 2 N–H and O–H groups in total. The van der Waals surface area contributed by atoms with Gasteiger partial charge in [-0.2, -0.15) is 0 Å². The minimum Gasteiger partial charge on any atom is -0.507 e. The van der Waals surface area contributed by atoms with Gasteiger partial charge >= 0.3 is 5.97 Å². The third-order valence-corrected chi connectivity index (χ3v) is 3.78. The summed E-state index contributed by atoms with van der Waals surface area (Å²) in [6, 6.07) is 2.71. The number of nitrogens with one attached hydrogen (secondary N) is 1. The zero-order valence-electron chi connectivity index (χ0n) is 16.8. The SMILES string of the molecule is C/C=C/CCN(C)CC.CCNC(=O)c1cc(C(=O)OC)c(C)cc1O. The number of benzene rings is 1. The maximum Gasteiger partial charge on any atom is 0.338 e. The number of aryl methyl sites for hydroxylation is 1. The highest BCUT2D eigenvalue weighted by atomic mass is 16.5. The van der Waals surface area contributed by atoms with Crippen LogP contribution >= 0.6 is 0 Å². The van der Waals surface area contributed by atoms with E-state index in [9.17, 15) is 14.7 Å². The lowest BCUT2D eigenvalue weighted by Crippen LogP contribution is -2.23. The molecule has 26 heavy (non-hydrogen) atoms. The van der Waals surface area contributed by atoms with Gasteiger partial charge in [-0.15, -0.1) is 0 Å². The van der Waals surface area contributed by atoms with E-state index >= 15 is 0 Å². The molecule has 0 aliphatic heterocycles. The summed E-state index contributed by atoms with van der Waals surface area (Å²) in [7, 11) is 3.41. The number of esters is 1. The van der Waals surface area contributed by atoms with Gasteiger partial charge in [-0.25, -0.2) is 4.79 Å². The molecule has 6 heteroatoms. The number of carbonyl (C=O) groups excluding carboxylic acids is 2. The standard InChI is InChI=1S/C12H15NO4.C8H17N/c1-4-13-11(15)9-6-8(12(16)17-3)7(2)5-10(9)14;1-4-6-7-8-9(3)5-2/h5-6,14H,4H2,1-3H3,(H,13,15);4,6H,5,7-8H2,1-3H3/b;6-4+. The largest absolute Gasteiger partial charge is 0.507 e. The Kier molecular flexibility index (Phi) is 11.8. The predicted molar refractivity (Wildman–Crippen MR) is 105 cm³/mol. The van der Waals surface area contributed by atoms with Gasteiger partial charge in [0.05, 0.1) is 18.2 Å². The van der Waals surface area contributed by atoms with Gasteiger partial charge in [-0.05, 0) is 58.5 Å². The molecule has 0 radical (unpaired) electrons. The molecule has 0 unspecified atom stereocenters. The summed E-state index contributed by atoms with van der Waals surface area (Å²) in [5.74, 6) is -1.11. The van der Waals surface area contributed by atoms with E-state index in [-0.39, 0.29) is 16.9 Å². The summed E-state index contributed by atoms with van der Waals surface area (Å²) in [4.78, 5) is 25.4. The number of phenolic OH excluding ortho intramolecular Hbond substituents is 1. The van der Waals surface area contributed by atoms with Crippen LogP contribution in [0.5, 0.6) is 5.75 Å². The Morgan fingerprint density at radius 1 is 1.27 bits per heavy atom. The number of phenols is 1. The van der Waals surface area contributed by atoms with Gasteiger partial charge in [-0.1, -0.05) is 19.1 Å². The van der Waals surface area contributed by atoms with Crippen LogP contribution in [0.4, 0.5) is 0 Å². The molecule has 0 aliphatic carbocycles. The monoisotopic (exact) mass is 364 g/mol. The molecule has 0 fully saturated rings. The molecule has 146 valence electrons. The molecule has 0 saturated heterocycles. The number of aromatic hydroxyl groups is 1. The highest BCUT2D eigenvalue weighted by Gasteiger charge is 2.17. The number of hydrogen-bond acceptors (Lipinski definition) is 5. The molecule has 0 atom stereocenters. The zero-order chi connectivity index (χ0) is 20.1. The third kappa shape index (κ3) is 8.16. The van der Waals surface area contributed by atoms with Crippen LogP contribution in [-0.2, 0) is 4.74 Å². The molecular formula is C20H32N2O4. The van der Waals surface area contributed by atoms with Crippen LogP contribution in [0.2, 0.25) is 0 Å². The molecule has 0 heterocycles. The van der Waals surface area contributed by atoms with Crippen LogP contribution in [0.1, 0.15) is 53.5 Å². The highest BCUT2D eigenvalue weighted by molar-refractivity contribution is 6.00. The van der Waals surface area contributed by atoms with E-state index in [1.54, 1.807) is 13.8 Å². The fourth-order valence-corrected chi connectivity index (χ4v) is 2.08. The molecule has 0 aliphatic rings. The van der Waals surface area contributed by atoms with Crippen molar-refractivity contribution in [2.24, 2.45) is 0 Å². The summed E-state index contributed by atoms with van der Waals surface area (Å²) in [6.07, 6.45) is 5.48.